The number of hydrogen-bond donors (Lipinski definition) is 2. The van der Waals surface area contributed by atoms with Crippen LogP contribution < -0.4 is 5.32 Å². The Morgan fingerprint density at radius 1 is 1.50 bits per heavy atom. The first kappa shape index (κ1) is 7.16. The van der Waals surface area contributed by atoms with Gasteiger partial charge in [0.2, 0.25) is 5.91 Å². The van der Waals surface area contributed by atoms with Crippen LogP contribution in [0.2, 0.25) is 0 Å². The number of aryl methyl sites for hydroxylation is 1. The minimum Gasteiger partial charge on any atom is -0.506 e. The third-order valence-electron chi connectivity index (χ3n) is 2.13. The van der Waals surface area contributed by atoms with Crippen molar-refractivity contribution in [3.8, 4) is 5.75 Å². The number of carbonyl (C=O) groups excluding carboxylic acids is 1. The molecule has 0 unspecified atom stereocenters. The molecule has 12 heavy (non-hydrogen) atoms. The highest BCUT2D eigenvalue weighted by Gasteiger charge is 2.21. The quantitative estimate of drug-likeness (QED) is 0.564. The number of hydrogen-bond acceptors (Lipinski definition) is 2. The Bertz CT molecular complexity index is 325. The van der Waals surface area contributed by atoms with E-state index in [4.69, 9.17) is 0 Å². The fraction of sp³-hybridized carbons (Fsp3) is 0.222. The zero-order valence-corrected chi connectivity index (χ0v) is 6.72. The minimum atomic E-state index is -0.0467. The molecule has 0 bridgehead atoms. The Morgan fingerprint density at radius 3 is 2.92 bits per heavy atom. The van der Waals surface area contributed by atoms with Crippen LogP contribution in [0, 0.1) is 6.92 Å². The number of rotatable bonds is 0. The molecule has 0 aliphatic carbocycles. The lowest BCUT2D eigenvalue weighted by molar-refractivity contribution is -0.115. The average Bonchev–Trinajstić information content (AvgIpc) is 2.41. The Morgan fingerprint density at radius 2 is 2.25 bits per heavy atom. The monoisotopic (exact) mass is 163 g/mol. The number of phenolic OH excluding ortho intramolecular Hbond substituents is 1. The van der Waals surface area contributed by atoms with Gasteiger partial charge in [-0.2, -0.15) is 0 Å². The second-order valence-electron chi connectivity index (χ2n) is 2.98. The Balaban J connectivity index is 2.64. The van der Waals surface area contributed by atoms with Gasteiger partial charge in [0, 0.05) is 0 Å². The fourth-order valence-corrected chi connectivity index (χ4v) is 1.45. The number of nitrogens with one attached hydrogen (secondary N) is 1. The summed E-state index contributed by atoms with van der Waals surface area (Å²) in [6.07, 6.45) is 0.384. The zero-order valence-electron chi connectivity index (χ0n) is 6.72. The van der Waals surface area contributed by atoms with Crippen molar-refractivity contribution >= 4 is 11.6 Å². The SMILES string of the molecule is Cc1ccc(O)c2c1CC(=O)N2. The van der Waals surface area contributed by atoms with Crippen molar-refractivity contribution < 1.29 is 9.90 Å². The van der Waals surface area contributed by atoms with Crippen LogP contribution in [-0.4, -0.2) is 11.0 Å². The van der Waals surface area contributed by atoms with Crippen molar-refractivity contribution in [3.63, 3.8) is 0 Å². The van der Waals surface area contributed by atoms with Gasteiger partial charge in [0.1, 0.15) is 5.75 Å². The molecule has 62 valence electrons. The summed E-state index contributed by atoms with van der Waals surface area (Å²) in [7, 11) is 0. The Hall–Kier alpha value is -1.51. The van der Waals surface area contributed by atoms with Gasteiger partial charge in [-0.15, -0.1) is 0 Å². The number of aromatic hydroxyl groups is 1. The maximum atomic E-state index is 11.0. The summed E-state index contributed by atoms with van der Waals surface area (Å²) in [5, 5.41) is 12.0. The van der Waals surface area contributed by atoms with Crippen LogP contribution in [0.25, 0.3) is 0 Å². The molecule has 1 amide bonds. The number of anilines is 1. The van der Waals surface area contributed by atoms with Crippen molar-refractivity contribution in [3.05, 3.63) is 23.3 Å². The molecule has 1 aliphatic rings. The van der Waals surface area contributed by atoms with Gasteiger partial charge in [-0.3, -0.25) is 4.79 Å². The lowest BCUT2D eigenvalue weighted by Gasteiger charge is -2.03. The highest BCUT2D eigenvalue weighted by Crippen LogP contribution is 2.34. The lowest BCUT2D eigenvalue weighted by Crippen LogP contribution is -2.03. The summed E-state index contributed by atoms with van der Waals surface area (Å²) in [6, 6.07) is 3.41. The van der Waals surface area contributed by atoms with E-state index in [1.54, 1.807) is 6.07 Å². The standard InChI is InChI=1S/C9H9NO2/c1-5-2-3-7(11)9-6(5)4-8(12)10-9/h2-3,11H,4H2,1H3,(H,10,12). The number of benzene rings is 1. The summed E-state index contributed by atoms with van der Waals surface area (Å²) in [5.41, 5.74) is 2.54. The van der Waals surface area contributed by atoms with E-state index in [1.807, 2.05) is 13.0 Å². The highest BCUT2D eigenvalue weighted by atomic mass is 16.3. The van der Waals surface area contributed by atoms with Crippen molar-refractivity contribution in [2.75, 3.05) is 5.32 Å². The summed E-state index contributed by atoms with van der Waals surface area (Å²) in [4.78, 5) is 11.0. The van der Waals surface area contributed by atoms with E-state index in [1.165, 1.54) is 0 Å². The van der Waals surface area contributed by atoms with Crippen LogP contribution in [0.4, 0.5) is 5.69 Å². The third-order valence-corrected chi connectivity index (χ3v) is 2.13. The number of amides is 1. The first-order valence-electron chi connectivity index (χ1n) is 3.80. The molecule has 0 atom stereocenters. The molecule has 2 N–H and O–H groups in total. The number of carbonyl (C=O) groups is 1. The molecule has 1 heterocycles. The second kappa shape index (κ2) is 2.24. The maximum Gasteiger partial charge on any atom is 0.228 e. The molecule has 1 aromatic rings. The molecule has 3 heteroatoms. The molecule has 0 aromatic heterocycles. The van der Waals surface area contributed by atoms with Crippen LogP contribution >= 0.6 is 0 Å². The van der Waals surface area contributed by atoms with Gasteiger partial charge in [-0.05, 0) is 24.1 Å². The van der Waals surface area contributed by atoms with Gasteiger partial charge in [0.15, 0.2) is 0 Å². The fourth-order valence-electron chi connectivity index (χ4n) is 1.45. The molecule has 1 aliphatic heterocycles. The molecule has 0 fully saturated rings. The predicted molar refractivity (Wildman–Crippen MR) is 45.2 cm³/mol. The van der Waals surface area contributed by atoms with Crippen molar-refractivity contribution in [1.29, 1.82) is 0 Å². The molecule has 1 aromatic carbocycles. The van der Waals surface area contributed by atoms with E-state index in [-0.39, 0.29) is 11.7 Å². The number of fused-ring (bicyclic) bond motifs is 1. The smallest absolute Gasteiger partial charge is 0.228 e. The topological polar surface area (TPSA) is 49.3 Å². The van der Waals surface area contributed by atoms with E-state index in [2.05, 4.69) is 5.32 Å². The average molecular weight is 163 g/mol. The van der Waals surface area contributed by atoms with Gasteiger partial charge >= 0.3 is 0 Å². The molecule has 0 radical (unpaired) electrons. The first-order valence-corrected chi connectivity index (χ1v) is 3.80. The van der Waals surface area contributed by atoms with E-state index < -0.39 is 0 Å². The van der Waals surface area contributed by atoms with E-state index in [9.17, 15) is 9.90 Å². The van der Waals surface area contributed by atoms with Crippen LogP contribution in [0.3, 0.4) is 0 Å². The van der Waals surface area contributed by atoms with Gasteiger partial charge in [0.25, 0.3) is 0 Å². The van der Waals surface area contributed by atoms with Gasteiger partial charge in [0.05, 0.1) is 12.1 Å². The van der Waals surface area contributed by atoms with E-state index >= 15 is 0 Å². The molecule has 3 nitrogen and oxygen atoms in total. The second-order valence-corrected chi connectivity index (χ2v) is 2.98. The highest BCUT2D eigenvalue weighted by molar-refractivity contribution is 6.01. The Labute approximate surface area is 70.0 Å². The van der Waals surface area contributed by atoms with Crippen molar-refractivity contribution in [1.82, 2.24) is 0 Å². The first-order chi connectivity index (χ1) is 5.68. The molecule has 2 rings (SSSR count). The summed E-state index contributed by atoms with van der Waals surface area (Å²) >= 11 is 0. The Kier molecular flexibility index (Phi) is 1.33. The number of phenols is 1. The molecule has 0 spiro atoms. The van der Waals surface area contributed by atoms with Crippen molar-refractivity contribution in [2.45, 2.75) is 13.3 Å². The lowest BCUT2D eigenvalue weighted by atomic mass is 10.1. The summed E-state index contributed by atoms with van der Waals surface area (Å²) in [5.74, 6) is 0.107. The molecular weight excluding hydrogens is 154 g/mol. The summed E-state index contributed by atoms with van der Waals surface area (Å²) in [6.45, 7) is 1.93. The normalized spacial score (nSPS) is 14.2. The molecule has 0 saturated heterocycles. The summed E-state index contributed by atoms with van der Waals surface area (Å²) < 4.78 is 0. The zero-order chi connectivity index (χ0) is 8.72. The van der Waals surface area contributed by atoms with Crippen molar-refractivity contribution in [2.24, 2.45) is 0 Å². The van der Waals surface area contributed by atoms with Gasteiger partial charge in [-0.1, -0.05) is 6.07 Å². The minimum absolute atomic E-state index is 0.0467. The third kappa shape index (κ3) is 0.863. The molecule has 0 saturated carbocycles. The van der Waals surface area contributed by atoms with E-state index in [0.29, 0.717) is 12.1 Å². The van der Waals surface area contributed by atoms with Crippen LogP contribution in [0.1, 0.15) is 11.1 Å². The van der Waals surface area contributed by atoms with Gasteiger partial charge in [-0.25, -0.2) is 0 Å². The largest absolute Gasteiger partial charge is 0.506 e. The molecular formula is C9H9NO2. The van der Waals surface area contributed by atoms with Crippen LogP contribution in [-0.2, 0) is 11.2 Å². The predicted octanol–water partition coefficient (Wildman–Crippen LogP) is 1.20. The van der Waals surface area contributed by atoms with Crippen LogP contribution in [0.15, 0.2) is 12.1 Å². The maximum absolute atomic E-state index is 11.0. The van der Waals surface area contributed by atoms with E-state index in [0.717, 1.165) is 11.1 Å². The van der Waals surface area contributed by atoms with Gasteiger partial charge < -0.3 is 10.4 Å². The van der Waals surface area contributed by atoms with Crippen LogP contribution in [0.5, 0.6) is 5.75 Å².